The largest absolute Gasteiger partial charge is 0.492 e. The van der Waals surface area contributed by atoms with Crippen LogP contribution in [0.25, 0.3) is 0 Å². The van der Waals surface area contributed by atoms with Gasteiger partial charge in [0.05, 0.1) is 6.54 Å². The van der Waals surface area contributed by atoms with E-state index in [0.717, 1.165) is 11.3 Å². The maximum Gasteiger partial charge on any atom is 0.326 e. The number of carbonyl (C=O) groups is 3. The summed E-state index contributed by atoms with van der Waals surface area (Å²) in [4.78, 5) is 39.3. The minimum absolute atomic E-state index is 0.0180. The molecule has 4 rings (SSSR count). The van der Waals surface area contributed by atoms with Crippen molar-refractivity contribution in [3.05, 3.63) is 126 Å². The van der Waals surface area contributed by atoms with Crippen LogP contribution in [0.3, 0.4) is 0 Å². The Kier molecular flexibility index (Phi) is 9.67. The Morgan fingerprint density at radius 3 is 2.10 bits per heavy atom. The molecule has 0 heterocycles. The van der Waals surface area contributed by atoms with E-state index in [-0.39, 0.29) is 18.1 Å². The van der Waals surface area contributed by atoms with Crippen LogP contribution in [0, 0.1) is 0 Å². The summed E-state index contributed by atoms with van der Waals surface area (Å²) in [5, 5.41) is 13.0. The molecule has 0 saturated heterocycles. The van der Waals surface area contributed by atoms with Crippen LogP contribution in [0.15, 0.2) is 109 Å². The summed E-state index contributed by atoms with van der Waals surface area (Å²) < 4.78 is 5.88. The first-order valence-electron chi connectivity index (χ1n) is 13.2. The first-order valence-corrected chi connectivity index (χ1v) is 13.2. The van der Waals surface area contributed by atoms with Gasteiger partial charge in [-0.25, -0.2) is 4.79 Å². The Morgan fingerprint density at radius 2 is 1.45 bits per heavy atom. The molecule has 7 heteroatoms. The van der Waals surface area contributed by atoms with E-state index in [1.165, 1.54) is 0 Å². The van der Waals surface area contributed by atoms with Crippen molar-refractivity contribution < 1.29 is 24.2 Å². The molecule has 4 aromatic rings. The minimum Gasteiger partial charge on any atom is -0.492 e. The van der Waals surface area contributed by atoms with Gasteiger partial charge in [-0.05, 0) is 42.0 Å². The zero-order valence-corrected chi connectivity index (χ0v) is 22.3. The van der Waals surface area contributed by atoms with E-state index < -0.39 is 12.0 Å². The SMILES string of the molecule is CCC(=O)N(CCOc1ccc(C[C@@H](Nc2ccccc2C(=O)c2ccccc2)C(=O)O)cc1)c1ccccc1. The molecule has 0 fully saturated rings. The van der Waals surface area contributed by atoms with Gasteiger partial charge in [0.25, 0.3) is 0 Å². The number of para-hydroxylation sites is 2. The molecule has 1 amide bonds. The van der Waals surface area contributed by atoms with Gasteiger partial charge in [-0.3, -0.25) is 9.59 Å². The standard InChI is InChI=1S/C33H32N2O5/c1-2-31(36)35(26-13-7-4-8-14-26)21-22-40-27-19-17-24(18-20-27)23-30(33(38)39)34-29-16-10-9-15-28(29)32(37)25-11-5-3-6-12-25/h3-20,30,34H,2,21-23H2,1H3,(H,38,39)/t30-/m1/s1. The number of ether oxygens (including phenoxy) is 1. The Hall–Kier alpha value is -4.91. The molecule has 4 aromatic carbocycles. The fourth-order valence-electron chi connectivity index (χ4n) is 4.35. The number of hydrogen-bond donors (Lipinski definition) is 2. The fourth-order valence-corrected chi connectivity index (χ4v) is 4.35. The van der Waals surface area contributed by atoms with Crippen molar-refractivity contribution in [3.63, 3.8) is 0 Å². The van der Waals surface area contributed by atoms with Crippen molar-refractivity contribution in [1.82, 2.24) is 0 Å². The Morgan fingerprint density at radius 1 is 0.825 bits per heavy atom. The van der Waals surface area contributed by atoms with Gasteiger partial charge in [0, 0.05) is 35.3 Å². The molecule has 204 valence electrons. The first-order chi connectivity index (χ1) is 19.5. The number of hydrogen-bond acceptors (Lipinski definition) is 5. The number of aliphatic carboxylic acids is 1. The summed E-state index contributed by atoms with van der Waals surface area (Å²) in [6.45, 7) is 2.55. The molecule has 0 radical (unpaired) electrons. The van der Waals surface area contributed by atoms with Crippen LogP contribution in [-0.4, -0.2) is 42.0 Å². The molecule has 0 unspecified atom stereocenters. The summed E-state index contributed by atoms with van der Waals surface area (Å²) in [5.74, 6) is -0.562. The third-order valence-corrected chi connectivity index (χ3v) is 6.45. The van der Waals surface area contributed by atoms with Crippen molar-refractivity contribution in [1.29, 1.82) is 0 Å². The number of amides is 1. The van der Waals surface area contributed by atoms with Crippen LogP contribution >= 0.6 is 0 Å². The highest BCUT2D eigenvalue weighted by Crippen LogP contribution is 2.22. The Bertz CT molecular complexity index is 1420. The number of carboxylic acids is 1. The lowest BCUT2D eigenvalue weighted by Gasteiger charge is -2.22. The minimum atomic E-state index is -1.02. The molecule has 0 bridgehead atoms. The molecule has 0 aliphatic carbocycles. The summed E-state index contributed by atoms with van der Waals surface area (Å²) in [7, 11) is 0. The Labute approximate surface area is 234 Å². The summed E-state index contributed by atoms with van der Waals surface area (Å²) in [5.41, 5.74) is 3.03. The second-order valence-electron chi connectivity index (χ2n) is 9.21. The molecule has 40 heavy (non-hydrogen) atoms. The highest BCUT2D eigenvalue weighted by Gasteiger charge is 2.21. The fraction of sp³-hybridized carbons (Fsp3) is 0.182. The molecule has 0 aromatic heterocycles. The average Bonchev–Trinajstić information content (AvgIpc) is 3.00. The molecular weight excluding hydrogens is 504 g/mol. The van der Waals surface area contributed by atoms with Gasteiger partial charge in [-0.1, -0.05) is 79.7 Å². The molecule has 2 N–H and O–H groups in total. The van der Waals surface area contributed by atoms with Crippen LogP contribution in [0.2, 0.25) is 0 Å². The lowest BCUT2D eigenvalue weighted by atomic mass is 10.00. The van der Waals surface area contributed by atoms with Gasteiger partial charge in [0.1, 0.15) is 18.4 Å². The second-order valence-corrected chi connectivity index (χ2v) is 9.21. The van der Waals surface area contributed by atoms with Crippen LogP contribution in [0.1, 0.15) is 34.8 Å². The summed E-state index contributed by atoms with van der Waals surface area (Å²) >= 11 is 0. The zero-order valence-electron chi connectivity index (χ0n) is 22.3. The van der Waals surface area contributed by atoms with Gasteiger partial charge in [0.2, 0.25) is 5.91 Å². The average molecular weight is 537 g/mol. The molecule has 0 saturated carbocycles. The van der Waals surface area contributed by atoms with Crippen LogP contribution in [0.4, 0.5) is 11.4 Å². The number of nitrogens with one attached hydrogen (secondary N) is 1. The summed E-state index contributed by atoms with van der Waals surface area (Å²) in [6.07, 6.45) is 0.601. The highest BCUT2D eigenvalue weighted by molar-refractivity contribution is 6.12. The van der Waals surface area contributed by atoms with Crippen LogP contribution < -0.4 is 15.0 Å². The number of nitrogens with zero attached hydrogens (tertiary/aromatic N) is 1. The van der Waals surface area contributed by atoms with Crippen LogP contribution in [-0.2, 0) is 16.0 Å². The maximum atomic E-state index is 13.1. The number of carboxylic acid groups (broad SMARTS) is 1. The van der Waals surface area contributed by atoms with Crippen molar-refractivity contribution >= 4 is 29.0 Å². The van der Waals surface area contributed by atoms with Gasteiger partial charge < -0.3 is 20.1 Å². The van der Waals surface area contributed by atoms with E-state index in [1.807, 2.05) is 55.5 Å². The number of anilines is 2. The lowest BCUT2D eigenvalue weighted by Crippen LogP contribution is -2.34. The van der Waals surface area contributed by atoms with Crippen molar-refractivity contribution in [3.8, 4) is 5.75 Å². The number of ketones is 1. The maximum absolute atomic E-state index is 13.1. The molecule has 0 spiro atoms. The number of rotatable bonds is 13. The van der Waals surface area contributed by atoms with Crippen molar-refractivity contribution in [2.24, 2.45) is 0 Å². The monoisotopic (exact) mass is 536 g/mol. The molecule has 0 aliphatic rings. The highest BCUT2D eigenvalue weighted by atomic mass is 16.5. The van der Waals surface area contributed by atoms with Gasteiger partial charge in [0.15, 0.2) is 5.78 Å². The molecular formula is C33H32N2O5. The van der Waals surface area contributed by atoms with E-state index in [4.69, 9.17) is 4.74 Å². The summed E-state index contributed by atoms with van der Waals surface area (Å²) in [6, 6.07) is 31.6. The molecule has 1 atom stereocenters. The quantitative estimate of drug-likeness (QED) is 0.208. The van der Waals surface area contributed by atoms with Crippen molar-refractivity contribution in [2.75, 3.05) is 23.4 Å². The number of carbonyl (C=O) groups excluding carboxylic acids is 2. The topological polar surface area (TPSA) is 95.9 Å². The van der Waals surface area contributed by atoms with E-state index in [9.17, 15) is 19.5 Å². The molecule has 0 aliphatic heterocycles. The third kappa shape index (κ3) is 7.35. The Balaban J connectivity index is 1.38. The van der Waals surface area contributed by atoms with Crippen LogP contribution in [0.5, 0.6) is 5.75 Å². The second kappa shape index (κ2) is 13.8. The first kappa shape index (κ1) is 28.1. The van der Waals surface area contributed by atoms with Gasteiger partial charge in [-0.2, -0.15) is 0 Å². The number of benzene rings is 4. The van der Waals surface area contributed by atoms with E-state index in [1.54, 1.807) is 65.6 Å². The zero-order chi connectivity index (χ0) is 28.3. The van der Waals surface area contributed by atoms with E-state index in [2.05, 4.69) is 5.32 Å². The third-order valence-electron chi connectivity index (χ3n) is 6.45. The van der Waals surface area contributed by atoms with Gasteiger partial charge in [-0.15, -0.1) is 0 Å². The molecule has 7 nitrogen and oxygen atoms in total. The van der Waals surface area contributed by atoms with E-state index in [0.29, 0.717) is 42.1 Å². The predicted octanol–water partition coefficient (Wildman–Crippen LogP) is 5.85. The van der Waals surface area contributed by atoms with E-state index >= 15 is 0 Å². The normalized spacial score (nSPS) is 11.3. The lowest BCUT2D eigenvalue weighted by molar-refractivity contribution is -0.137. The predicted molar refractivity (Wildman–Crippen MR) is 156 cm³/mol. The van der Waals surface area contributed by atoms with Crippen molar-refractivity contribution in [2.45, 2.75) is 25.8 Å². The smallest absolute Gasteiger partial charge is 0.326 e. The van der Waals surface area contributed by atoms with Gasteiger partial charge >= 0.3 is 5.97 Å².